The summed E-state index contributed by atoms with van der Waals surface area (Å²) in [5, 5.41) is 12.3. The minimum absolute atomic E-state index is 0.123. The van der Waals surface area contributed by atoms with E-state index in [0.717, 1.165) is 25.2 Å². The lowest BCUT2D eigenvalue weighted by Gasteiger charge is -2.31. The second-order valence-electron chi connectivity index (χ2n) is 5.75. The van der Waals surface area contributed by atoms with E-state index in [1.807, 2.05) is 17.0 Å². The number of hydrogen-bond acceptors (Lipinski definition) is 5. The zero-order valence-electron chi connectivity index (χ0n) is 13.4. The number of rotatable bonds is 4. The van der Waals surface area contributed by atoms with Crippen molar-refractivity contribution in [3.63, 3.8) is 0 Å². The van der Waals surface area contributed by atoms with Crippen molar-refractivity contribution in [1.82, 2.24) is 20.4 Å². The summed E-state index contributed by atoms with van der Waals surface area (Å²) in [5.74, 6) is 0.203. The second-order valence-corrected chi connectivity index (χ2v) is 6.74. The van der Waals surface area contributed by atoms with E-state index in [9.17, 15) is 9.18 Å². The van der Waals surface area contributed by atoms with Gasteiger partial charge in [-0.2, -0.15) is 0 Å². The van der Waals surface area contributed by atoms with Crippen molar-refractivity contribution in [2.45, 2.75) is 18.0 Å². The average Bonchev–Trinajstić information content (AvgIpc) is 2.61. The number of benzene rings is 1. The summed E-state index contributed by atoms with van der Waals surface area (Å²) in [6.45, 7) is 4.41. The molecule has 1 aromatic carbocycles. The fourth-order valence-corrected chi connectivity index (χ4v) is 3.27. The fraction of sp³-hybridized carbons (Fsp3) is 0.353. The molecule has 1 aromatic heterocycles. The van der Waals surface area contributed by atoms with Gasteiger partial charge in [0.25, 0.3) is 0 Å². The molecule has 1 aliphatic heterocycles. The average molecular weight is 346 g/mol. The van der Waals surface area contributed by atoms with Gasteiger partial charge in [-0.3, -0.25) is 4.79 Å². The Bertz CT molecular complexity index is 693. The van der Waals surface area contributed by atoms with Gasteiger partial charge in [-0.15, -0.1) is 10.2 Å². The van der Waals surface area contributed by atoms with E-state index in [0.29, 0.717) is 22.5 Å². The Morgan fingerprint density at radius 2 is 2.08 bits per heavy atom. The normalized spacial score (nSPS) is 17.8. The predicted molar refractivity (Wildman–Crippen MR) is 92.2 cm³/mol. The SMILES string of the molecule is CC1CN(C(=O)CSc2ccc(-c3ccc(F)cc3)nn2)CCN1. The third-order valence-electron chi connectivity index (χ3n) is 3.85. The molecule has 1 aliphatic rings. The van der Waals surface area contributed by atoms with E-state index in [-0.39, 0.29) is 11.7 Å². The summed E-state index contributed by atoms with van der Waals surface area (Å²) in [6, 6.07) is 10.1. The molecule has 7 heteroatoms. The van der Waals surface area contributed by atoms with Crippen LogP contribution in [-0.4, -0.2) is 52.4 Å². The predicted octanol–water partition coefficient (Wildman–Crippen LogP) is 2.20. The van der Waals surface area contributed by atoms with Gasteiger partial charge in [0.1, 0.15) is 10.8 Å². The second kappa shape index (κ2) is 7.72. The summed E-state index contributed by atoms with van der Waals surface area (Å²) >= 11 is 1.38. The molecule has 126 valence electrons. The van der Waals surface area contributed by atoms with E-state index in [2.05, 4.69) is 22.4 Å². The van der Waals surface area contributed by atoms with E-state index in [1.54, 1.807) is 12.1 Å². The van der Waals surface area contributed by atoms with Gasteiger partial charge >= 0.3 is 0 Å². The maximum absolute atomic E-state index is 12.9. The summed E-state index contributed by atoms with van der Waals surface area (Å²) < 4.78 is 12.9. The quantitative estimate of drug-likeness (QED) is 0.860. The Balaban J connectivity index is 1.56. The first-order valence-electron chi connectivity index (χ1n) is 7.85. The first-order valence-corrected chi connectivity index (χ1v) is 8.84. The first-order chi connectivity index (χ1) is 11.6. The maximum atomic E-state index is 12.9. The Morgan fingerprint density at radius 1 is 1.29 bits per heavy atom. The Labute approximate surface area is 144 Å². The molecule has 0 aliphatic carbocycles. The molecule has 1 amide bonds. The smallest absolute Gasteiger partial charge is 0.233 e. The highest BCUT2D eigenvalue weighted by Gasteiger charge is 2.20. The molecule has 2 heterocycles. The van der Waals surface area contributed by atoms with Gasteiger partial charge in [0.2, 0.25) is 5.91 Å². The maximum Gasteiger partial charge on any atom is 0.233 e. The lowest BCUT2D eigenvalue weighted by atomic mass is 10.1. The van der Waals surface area contributed by atoms with Crippen molar-refractivity contribution in [1.29, 1.82) is 0 Å². The molecule has 1 N–H and O–H groups in total. The summed E-state index contributed by atoms with van der Waals surface area (Å²) in [7, 11) is 0. The van der Waals surface area contributed by atoms with Crippen molar-refractivity contribution in [3.05, 3.63) is 42.2 Å². The van der Waals surface area contributed by atoms with Crippen LogP contribution in [0.5, 0.6) is 0 Å². The molecule has 24 heavy (non-hydrogen) atoms. The number of amides is 1. The first kappa shape index (κ1) is 16.9. The molecule has 0 bridgehead atoms. The number of hydrogen-bond donors (Lipinski definition) is 1. The Morgan fingerprint density at radius 3 is 2.75 bits per heavy atom. The highest BCUT2D eigenvalue weighted by atomic mass is 32.2. The molecular formula is C17H19FN4OS. The molecule has 1 saturated heterocycles. The highest BCUT2D eigenvalue weighted by Crippen LogP contribution is 2.20. The van der Waals surface area contributed by atoms with E-state index < -0.39 is 0 Å². The lowest BCUT2D eigenvalue weighted by Crippen LogP contribution is -2.51. The molecule has 5 nitrogen and oxygen atoms in total. The number of carbonyl (C=O) groups is 1. The fourth-order valence-electron chi connectivity index (χ4n) is 2.56. The van der Waals surface area contributed by atoms with Crippen LogP contribution in [0.1, 0.15) is 6.92 Å². The summed E-state index contributed by atoms with van der Waals surface area (Å²) in [4.78, 5) is 14.1. The zero-order valence-corrected chi connectivity index (χ0v) is 14.2. The number of nitrogens with zero attached hydrogens (tertiary/aromatic N) is 3. The number of nitrogens with one attached hydrogen (secondary N) is 1. The molecule has 0 spiro atoms. The molecule has 0 saturated carbocycles. The van der Waals surface area contributed by atoms with Gasteiger partial charge in [0, 0.05) is 31.2 Å². The van der Waals surface area contributed by atoms with Crippen molar-refractivity contribution in [2.24, 2.45) is 0 Å². The number of thioether (sulfide) groups is 1. The van der Waals surface area contributed by atoms with Gasteiger partial charge < -0.3 is 10.2 Å². The molecule has 1 unspecified atom stereocenters. The third kappa shape index (κ3) is 4.30. The van der Waals surface area contributed by atoms with Crippen LogP contribution in [-0.2, 0) is 4.79 Å². The zero-order chi connectivity index (χ0) is 16.9. The van der Waals surface area contributed by atoms with Crippen LogP contribution in [0.2, 0.25) is 0 Å². The number of halogens is 1. The van der Waals surface area contributed by atoms with Gasteiger partial charge in [0.05, 0.1) is 11.4 Å². The van der Waals surface area contributed by atoms with Crippen LogP contribution in [0.25, 0.3) is 11.3 Å². The van der Waals surface area contributed by atoms with Gasteiger partial charge in [-0.25, -0.2) is 4.39 Å². The lowest BCUT2D eigenvalue weighted by molar-refractivity contribution is -0.129. The van der Waals surface area contributed by atoms with Crippen LogP contribution in [0.15, 0.2) is 41.4 Å². The van der Waals surface area contributed by atoms with Gasteiger partial charge in [-0.05, 0) is 43.3 Å². The molecule has 1 fully saturated rings. The minimum atomic E-state index is -0.278. The third-order valence-corrected chi connectivity index (χ3v) is 4.75. The highest BCUT2D eigenvalue weighted by molar-refractivity contribution is 7.99. The summed E-state index contributed by atoms with van der Waals surface area (Å²) in [5.41, 5.74) is 1.49. The van der Waals surface area contributed by atoms with Crippen molar-refractivity contribution in [2.75, 3.05) is 25.4 Å². The Hall–Kier alpha value is -1.99. The molecule has 0 radical (unpaired) electrons. The van der Waals surface area contributed by atoms with Gasteiger partial charge in [-0.1, -0.05) is 11.8 Å². The van der Waals surface area contributed by atoms with Crippen molar-refractivity contribution < 1.29 is 9.18 Å². The molecule has 1 atom stereocenters. The van der Waals surface area contributed by atoms with E-state index in [4.69, 9.17) is 0 Å². The largest absolute Gasteiger partial charge is 0.339 e. The number of carbonyl (C=O) groups excluding carboxylic acids is 1. The van der Waals surface area contributed by atoms with Crippen molar-refractivity contribution >= 4 is 17.7 Å². The summed E-state index contributed by atoms with van der Waals surface area (Å²) in [6.07, 6.45) is 0. The topological polar surface area (TPSA) is 58.1 Å². The van der Waals surface area contributed by atoms with Crippen LogP contribution in [0.4, 0.5) is 4.39 Å². The van der Waals surface area contributed by atoms with Crippen LogP contribution < -0.4 is 5.32 Å². The van der Waals surface area contributed by atoms with Gasteiger partial charge in [0.15, 0.2) is 0 Å². The standard InChI is InChI=1S/C17H19FN4OS/c1-12-10-22(9-8-19-12)17(23)11-24-16-7-6-15(20-21-16)13-2-4-14(18)5-3-13/h2-7,12,19H,8-11H2,1H3. The minimum Gasteiger partial charge on any atom is -0.339 e. The molecule has 2 aromatic rings. The monoisotopic (exact) mass is 346 g/mol. The van der Waals surface area contributed by atoms with Crippen LogP contribution >= 0.6 is 11.8 Å². The van der Waals surface area contributed by atoms with E-state index in [1.165, 1.54) is 23.9 Å². The van der Waals surface area contributed by atoms with E-state index >= 15 is 0 Å². The number of aromatic nitrogens is 2. The molecule has 3 rings (SSSR count). The Kier molecular flexibility index (Phi) is 5.42. The van der Waals surface area contributed by atoms with Crippen LogP contribution in [0.3, 0.4) is 0 Å². The number of piperazine rings is 1. The van der Waals surface area contributed by atoms with Crippen molar-refractivity contribution in [3.8, 4) is 11.3 Å². The molecular weight excluding hydrogens is 327 g/mol. The van der Waals surface area contributed by atoms with Crippen LogP contribution in [0, 0.1) is 5.82 Å².